The fraction of sp³-hybridized carbons (Fsp3) is 0.923. The van der Waals surface area contributed by atoms with Crippen molar-refractivity contribution in [1.82, 2.24) is 5.32 Å². The second-order valence-electron chi connectivity index (χ2n) is 5.38. The Morgan fingerprint density at radius 1 is 1.42 bits per heavy atom. The van der Waals surface area contributed by atoms with E-state index >= 15 is 0 Å². The van der Waals surface area contributed by atoms with Gasteiger partial charge in [-0.25, -0.2) is 0 Å². The highest BCUT2D eigenvalue weighted by Crippen LogP contribution is 2.39. The van der Waals surface area contributed by atoms with Crippen molar-refractivity contribution in [3.8, 4) is 0 Å². The van der Waals surface area contributed by atoms with Gasteiger partial charge in [-0.1, -0.05) is 6.42 Å². The van der Waals surface area contributed by atoms with Gasteiger partial charge in [-0.05, 0) is 39.0 Å². The molecule has 2 N–H and O–H groups in total. The highest BCUT2D eigenvalue weighted by molar-refractivity contribution is 5.79. The maximum Gasteiger partial charge on any atom is 0.391 e. The largest absolute Gasteiger partial charge is 0.396 e. The van der Waals surface area contributed by atoms with Gasteiger partial charge in [-0.2, -0.15) is 13.2 Å². The summed E-state index contributed by atoms with van der Waals surface area (Å²) in [4.78, 5) is 11.9. The van der Waals surface area contributed by atoms with Crippen molar-refractivity contribution in [2.45, 2.75) is 57.7 Å². The molecule has 3 unspecified atom stereocenters. The van der Waals surface area contributed by atoms with E-state index in [4.69, 9.17) is 5.11 Å². The second-order valence-corrected chi connectivity index (χ2v) is 5.38. The van der Waals surface area contributed by atoms with Gasteiger partial charge in [-0.15, -0.1) is 0 Å². The Morgan fingerprint density at radius 3 is 2.68 bits per heavy atom. The number of carbonyl (C=O) groups is 1. The standard InChI is InChI=1S/C13H22F3NO2/c1-9(4-3-7-18)17-12(19)10-5-2-6-11(8-10)13(14,15)16/h9-11,18H,2-8H2,1H3,(H,17,19). The fourth-order valence-corrected chi connectivity index (χ4v) is 2.56. The number of halogens is 3. The van der Waals surface area contributed by atoms with Crippen molar-refractivity contribution >= 4 is 5.91 Å². The van der Waals surface area contributed by atoms with Crippen molar-refractivity contribution < 1.29 is 23.1 Å². The van der Waals surface area contributed by atoms with E-state index in [1.807, 2.05) is 0 Å². The van der Waals surface area contributed by atoms with Crippen LogP contribution in [0.15, 0.2) is 0 Å². The number of nitrogens with one attached hydrogen (secondary N) is 1. The lowest BCUT2D eigenvalue weighted by molar-refractivity contribution is -0.186. The SMILES string of the molecule is CC(CCCO)NC(=O)C1CCCC(C(F)(F)F)C1. The zero-order valence-corrected chi connectivity index (χ0v) is 11.2. The highest BCUT2D eigenvalue weighted by Gasteiger charge is 2.43. The first-order chi connectivity index (χ1) is 8.84. The minimum atomic E-state index is -4.19. The van der Waals surface area contributed by atoms with Gasteiger partial charge in [0, 0.05) is 18.6 Å². The number of aliphatic hydroxyl groups excluding tert-OH is 1. The van der Waals surface area contributed by atoms with Crippen LogP contribution in [0, 0.1) is 11.8 Å². The zero-order chi connectivity index (χ0) is 14.5. The van der Waals surface area contributed by atoms with Crippen LogP contribution in [-0.4, -0.2) is 29.8 Å². The summed E-state index contributed by atoms with van der Waals surface area (Å²) in [5, 5.41) is 11.4. The molecule has 6 heteroatoms. The molecule has 3 nitrogen and oxygen atoms in total. The lowest BCUT2D eigenvalue weighted by atomic mass is 9.80. The second kappa shape index (κ2) is 7.12. The Hall–Kier alpha value is -0.780. The number of alkyl halides is 3. The first-order valence-electron chi connectivity index (χ1n) is 6.82. The number of hydrogen-bond donors (Lipinski definition) is 2. The van der Waals surface area contributed by atoms with Gasteiger partial charge in [0.1, 0.15) is 0 Å². The van der Waals surface area contributed by atoms with E-state index in [2.05, 4.69) is 5.32 Å². The van der Waals surface area contributed by atoms with E-state index in [-0.39, 0.29) is 31.4 Å². The first-order valence-corrected chi connectivity index (χ1v) is 6.82. The van der Waals surface area contributed by atoms with Crippen LogP contribution in [-0.2, 0) is 4.79 Å². The summed E-state index contributed by atoms with van der Waals surface area (Å²) in [5.74, 6) is -2.15. The van der Waals surface area contributed by atoms with Crippen LogP contribution in [0.25, 0.3) is 0 Å². The normalized spacial score (nSPS) is 25.9. The Kier molecular flexibility index (Phi) is 6.10. The van der Waals surface area contributed by atoms with E-state index < -0.39 is 18.0 Å². The number of amides is 1. The maximum absolute atomic E-state index is 12.6. The quantitative estimate of drug-likeness (QED) is 0.814. The van der Waals surface area contributed by atoms with Crippen LogP contribution in [0.2, 0.25) is 0 Å². The molecule has 0 aliphatic heterocycles. The van der Waals surface area contributed by atoms with Gasteiger partial charge in [0.25, 0.3) is 0 Å². The molecule has 0 aromatic heterocycles. The summed E-state index contributed by atoms with van der Waals surface area (Å²) in [7, 11) is 0. The topological polar surface area (TPSA) is 49.3 Å². The maximum atomic E-state index is 12.6. The van der Waals surface area contributed by atoms with Crippen molar-refractivity contribution in [3.05, 3.63) is 0 Å². The number of carbonyl (C=O) groups excluding carboxylic acids is 1. The summed E-state index contributed by atoms with van der Waals surface area (Å²) in [6.45, 7) is 1.86. The van der Waals surface area contributed by atoms with Crippen molar-refractivity contribution in [3.63, 3.8) is 0 Å². The molecule has 19 heavy (non-hydrogen) atoms. The van der Waals surface area contributed by atoms with Crippen LogP contribution in [0.5, 0.6) is 0 Å². The average molecular weight is 281 g/mol. The third-order valence-corrected chi connectivity index (χ3v) is 3.69. The molecule has 1 saturated carbocycles. The van der Waals surface area contributed by atoms with E-state index in [0.717, 1.165) is 0 Å². The average Bonchev–Trinajstić information content (AvgIpc) is 2.35. The highest BCUT2D eigenvalue weighted by atomic mass is 19.4. The molecule has 0 saturated heterocycles. The molecule has 0 radical (unpaired) electrons. The van der Waals surface area contributed by atoms with Crippen LogP contribution < -0.4 is 5.32 Å². The van der Waals surface area contributed by atoms with E-state index in [1.54, 1.807) is 6.92 Å². The summed E-state index contributed by atoms with van der Waals surface area (Å²) in [6, 6.07) is -0.106. The van der Waals surface area contributed by atoms with Gasteiger partial charge < -0.3 is 10.4 Å². The molecule has 3 atom stereocenters. The molecule has 1 aliphatic rings. The van der Waals surface area contributed by atoms with Gasteiger partial charge >= 0.3 is 6.18 Å². The monoisotopic (exact) mass is 281 g/mol. The smallest absolute Gasteiger partial charge is 0.391 e. The molecule has 1 rings (SSSR count). The molecule has 0 bridgehead atoms. The van der Waals surface area contributed by atoms with E-state index in [0.29, 0.717) is 25.7 Å². The Balaban J connectivity index is 2.44. The van der Waals surface area contributed by atoms with Gasteiger partial charge in [0.05, 0.1) is 5.92 Å². The Morgan fingerprint density at radius 2 is 2.11 bits per heavy atom. The molecule has 0 aromatic rings. The zero-order valence-electron chi connectivity index (χ0n) is 11.2. The third kappa shape index (κ3) is 5.38. The summed E-state index contributed by atoms with van der Waals surface area (Å²) >= 11 is 0. The van der Waals surface area contributed by atoms with E-state index in [9.17, 15) is 18.0 Å². The Labute approximate surface area is 111 Å². The van der Waals surface area contributed by atoms with Gasteiger partial charge in [-0.3, -0.25) is 4.79 Å². The first kappa shape index (κ1) is 16.3. The van der Waals surface area contributed by atoms with Crippen molar-refractivity contribution in [2.75, 3.05) is 6.61 Å². The third-order valence-electron chi connectivity index (χ3n) is 3.69. The molecular weight excluding hydrogens is 259 g/mol. The van der Waals surface area contributed by atoms with E-state index in [1.165, 1.54) is 0 Å². The number of rotatable bonds is 5. The summed E-state index contributed by atoms with van der Waals surface area (Å²) in [5.41, 5.74) is 0. The van der Waals surface area contributed by atoms with Crippen LogP contribution >= 0.6 is 0 Å². The molecule has 1 amide bonds. The van der Waals surface area contributed by atoms with Crippen LogP contribution in [0.3, 0.4) is 0 Å². The summed E-state index contributed by atoms with van der Waals surface area (Å²) < 4.78 is 37.9. The predicted octanol–water partition coefficient (Wildman–Crippen LogP) is 2.63. The Bertz CT molecular complexity index is 294. The summed E-state index contributed by atoms with van der Waals surface area (Å²) in [6.07, 6.45) is -1.95. The fourth-order valence-electron chi connectivity index (χ4n) is 2.56. The van der Waals surface area contributed by atoms with Gasteiger partial charge in [0.2, 0.25) is 5.91 Å². The molecule has 0 aromatic carbocycles. The minimum absolute atomic E-state index is 0.0553. The lowest BCUT2D eigenvalue weighted by Crippen LogP contribution is -2.41. The molecule has 0 heterocycles. The van der Waals surface area contributed by atoms with Gasteiger partial charge in [0.15, 0.2) is 0 Å². The van der Waals surface area contributed by atoms with Crippen molar-refractivity contribution in [2.24, 2.45) is 11.8 Å². The number of hydrogen-bond acceptors (Lipinski definition) is 2. The molecule has 0 spiro atoms. The molecule has 1 aliphatic carbocycles. The minimum Gasteiger partial charge on any atom is -0.396 e. The molecule has 112 valence electrons. The predicted molar refractivity (Wildman–Crippen MR) is 65.4 cm³/mol. The van der Waals surface area contributed by atoms with Crippen molar-refractivity contribution in [1.29, 1.82) is 0 Å². The lowest BCUT2D eigenvalue weighted by Gasteiger charge is -2.30. The van der Waals surface area contributed by atoms with Crippen LogP contribution in [0.4, 0.5) is 13.2 Å². The van der Waals surface area contributed by atoms with Crippen LogP contribution in [0.1, 0.15) is 45.4 Å². The molecular formula is C13H22F3NO2. The molecule has 1 fully saturated rings. The number of aliphatic hydroxyl groups is 1.